The standard InChI is InChI=1S/C9H19NO.C2H6/c1-3-9-4-5-10(8-9)6-7-11-2;1-2/h9H,3-8H2,1-2H3;1-2H3/t9-;/m0./s1. The van der Waals surface area contributed by atoms with Gasteiger partial charge in [0.2, 0.25) is 0 Å². The summed E-state index contributed by atoms with van der Waals surface area (Å²) in [6.07, 6.45) is 2.73. The molecule has 1 saturated heterocycles. The molecule has 0 aromatic rings. The van der Waals surface area contributed by atoms with Gasteiger partial charge >= 0.3 is 0 Å². The van der Waals surface area contributed by atoms with Crippen LogP contribution in [0.5, 0.6) is 0 Å². The molecule has 0 N–H and O–H groups in total. The van der Waals surface area contributed by atoms with Crippen molar-refractivity contribution in [3.05, 3.63) is 0 Å². The van der Waals surface area contributed by atoms with Gasteiger partial charge in [-0.3, -0.25) is 0 Å². The van der Waals surface area contributed by atoms with Crippen molar-refractivity contribution in [2.45, 2.75) is 33.6 Å². The Morgan fingerprint density at radius 2 is 2.08 bits per heavy atom. The highest BCUT2D eigenvalue weighted by Gasteiger charge is 2.19. The number of ether oxygens (including phenoxy) is 1. The topological polar surface area (TPSA) is 12.5 Å². The second kappa shape index (κ2) is 8.52. The van der Waals surface area contributed by atoms with E-state index in [4.69, 9.17) is 4.74 Å². The molecule has 0 spiro atoms. The molecule has 2 nitrogen and oxygen atoms in total. The lowest BCUT2D eigenvalue weighted by Gasteiger charge is -2.14. The van der Waals surface area contributed by atoms with Crippen molar-refractivity contribution in [2.24, 2.45) is 5.92 Å². The van der Waals surface area contributed by atoms with Crippen molar-refractivity contribution in [3.63, 3.8) is 0 Å². The molecule has 13 heavy (non-hydrogen) atoms. The summed E-state index contributed by atoms with van der Waals surface area (Å²) in [6, 6.07) is 0. The van der Waals surface area contributed by atoms with Crippen LogP contribution in [0.4, 0.5) is 0 Å². The molecule has 1 heterocycles. The Labute approximate surface area is 83.3 Å². The van der Waals surface area contributed by atoms with E-state index in [0.717, 1.165) is 19.1 Å². The van der Waals surface area contributed by atoms with Crippen LogP contribution in [0.3, 0.4) is 0 Å². The van der Waals surface area contributed by atoms with E-state index in [-0.39, 0.29) is 0 Å². The lowest BCUT2D eigenvalue weighted by molar-refractivity contribution is 0.159. The molecule has 0 aromatic carbocycles. The molecule has 0 aliphatic carbocycles. The Kier molecular flexibility index (Phi) is 8.46. The van der Waals surface area contributed by atoms with Gasteiger partial charge in [-0.1, -0.05) is 27.2 Å². The number of hydrogen-bond donors (Lipinski definition) is 0. The van der Waals surface area contributed by atoms with Gasteiger partial charge in [0, 0.05) is 20.2 Å². The number of likely N-dealkylation sites (tertiary alicyclic amines) is 1. The van der Waals surface area contributed by atoms with E-state index < -0.39 is 0 Å². The zero-order valence-corrected chi connectivity index (χ0v) is 9.68. The molecule has 0 bridgehead atoms. The molecule has 2 heteroatoms. The predicted octanol–water partition coefficient (Wildman–Crippen LogP) is 2.39. The van der Waals surface area contributed by atoms with Crippen molar-refractivity contribution in [2.75, 3.05) is 33.4 Å². The molecule has 1 atom stereocenters. The Morgan fingerprint density at radius 3 is 2.54 bits per heavy atom. The van der Waals surface area contributed by atoms with Gasteiger partial charge in [-0.15, -0.1) is 0 Å². The van der Waals surface area contributed by atoms with Gasteiger partial charge in [-0.25, -0.2) is 0 Å². The maximum Gasteiger partial charge on any atom is 0.0589 e. The maximum absolute atomic E-state index is 5.03. The molecule has 0 amide bonds. The van der Waals surface area contributed by atoms with Gasteiger partial charge in [0.15, 0.2) is 0 Å². The van der Waals surface area contributed by atoms with Crippen LogP contribution in [0, 0.1) is 5.92 Å². The summed E-state index contributed by atoms with van der Waals surface area (Å²) in [4.78, 5) is 2.50. The monoisotopic (exact) mass is 187 g/mol. The van der Waals surface area contributed by atoms with E-state index in [2.05, 4.69) is 11.8 Å². The molecule has 0 saturated carbocycles. The second-order valence-corrected chi connectivity index (χ2v) is 3.36. The number of hydrogen-bond acceptors (Lipinski definition) is 2. The van der Waals surface area contributed by atoms with Crippen molar-refractivity contribution < 1.29 is 4.74 Å². The van der Waals surface area contributed by atoms with Crippen molar-refractivity contribution in [3.8, 4) is 0 Å². The van der Waals surface area contributed by atoms with Crippen LogP contribution in [-0.2, 0) is 4.74 Å². The van der Waals surface area contributed by atoms with Crippen LogP contribution in [-0.4, -0.2) is 38.3 Å². The molecule has 1 aliphatic heterocycles. The summed E-state index contributed by atoms with van der Waals surface area (Å²) in [5, 5.41) is 0. The molecule has 1 fully saturated rings. The van der Waals surface area contributed by atoms with Crippen LogP contribution in [0.1, 0.15) is 33.6 Å². The van der Waals surface area contributed by atoms with E-state index in [9.17, 15) is 0 Å². The van der Waals surface area contributed by atoms with Crippen molar-refractivity contribution in [1.29, 1.82) is 0 Å². The fraction of sp³-hybridized carbons (Fsp3) is 1.00. The van der Waals surface area contributed by atoms with Gasteiger partial charge in [0.1, 0.15) is 0 Å². The Morgan fingerprint density at radius 1 is 1.38 bits per heavy atom. The summed E-state index contributed by atoms with van der Waals surface area (Å²) in [7, 11) is 1.77. The minimum Gasteiger partial charge on any atom is -0.383 e. The molecular weight excluding hydrogens is 162 g/mol. The fourth-order valence-electron chi connectivity index (χ4n) is 1.67. The number of nitrogens with zero attached hydrogens (tertiary/aromatic N) is 1. The van der Waals surface area contributed by atoms with Crippen LogP contribution >= 0.6 is 0 Å². The molecule has 0 unspecified atom stereocenters. The molecule has 0 radical (unpaired) electrons. The molecular formula is C11H25NO. The maximum atomic E-state index is 5.03. The minimum absolute atomic E-state index is 0.885. The summed E-state index contributed by atoms with van der Waals surface area (Å²) >= 11 is 0. The highest BCUT2D eigenvalue weighted by Crippen LogP contribution is 2.18. The Bertz CT molecular complexity index is 106. The third-order valence-corrected chi connectivity index (χ3v) is 2.56. The lowest BCUT2D eigenvalue weighted by Crippen LogP contribution is -2.24. The van der Waals surface area contributed by atoms with Crippen LogP contribution in [0.25, 0.3) is 0 Å². The molecule has 80 valence electrons. The summed E-state index contributed by atoms with van der Waals surface area (Å²) in [5.41, 5.74) is 0. The zero-order chi connectivity index (χ0) is 10.1. The van der Waals surface area contributed by atoms with Gasteiger partial charge in [0.25, 0.3) is 0 Å². The van der Waals surface area contributed by atoms with Crippen LogP contribution in [0.2, 0.25) is 0 Å². The van der Waals surface area contributed by atoms with Gasteiger partial charge < -0.3 is 9.64 Å². The summed E-state index contributed by atoms with van der Waals surface area (Å²) in [5.74, 6) is 0.951. The van der Waals surface area contributed by atoms with Crippen molar-refractivity contribution in [1.82, 2.24) is 4.90 Å². The normalized spacial score (nSPS) is 22.6. The van der Waals surface area contributed by atoms with Gasteiger partial charge in [-0.2, -0.15) is 0 Å². The highest BCUT2D eigenvalue weighted by atomic mass is 16.5. The van der Waals surface area contributed by atoms with Crippen LogP contribution < -0.4 is 0 Å². The SMILES string of the molecule is CC.CC[C@H]1CCN(CCOC)C1. The zero-order valence-electron chi connectivity index (χ0n) is 9.68. The quantitative estimate of drug-likeness (QED) is 0.670. The first-order valence-electron chi connectivity index (χ1n) is 5.58. The summed E-state index contributed by atoms with van der Waals surface area (Å²) in [6.45, 7) is 10.9. The minimum atomic E-state index is 0.885. The van der Waals surface area contributed by atoms with Gasteiger partial charge in [-0.05, 0) is 18.9 Å². The lowest BCUT2D eigenvalue weighted by atomic mass is 10.1. The molecule has 0 aromatic heterocycles. The third kappa shape index (κ3) is 5.27. The number of methoxy groups -OCH3 is 1. The smallest absolute Gasteiger partial charge is 0.0589 e. The highest BCUT2D eigenvalue weighted by molar-refractivity contribution is 4.73. The Balaban J connectivity index is 0.000000671. The molecule has 1 aliphatic rings. The third-order valence-electron chi connectivity index (χ3n) is 2.56. The first kappa shape index (κ1) is 12.9. The average Bonchev–Trinajstić information content (AvgIpc) is 2.65. The Hall–Kier alpha value is -0.0800. The van der Waals surface area contributed by atoms with E-state index in [0.29, 0.717) is 0 Å². The average molecular weight is 187 g/mol. The number of rotatable bonds is 4. The fourth-order valence-corrected chi connectivity index (χ4v) is 1.67. The van der Waals surface area contributed by atoms with Crippen LogP contribution in [0.15, 0.2) is 0 Å². The first-order valence-corrected chi connectivity index (χ1v) is 5.58. The molecule has 1 rings (SSSR count). The first-order chi connectivity index (χ1) is 6.36. The van der Waals surface area contributed by atoms with E-state index >= 15 is 0 Å². The largest absolute Gasteiger partial charge is 0.383 e. The van der Waals surface area contributed by atoms with E-state index in [1.165, 1.54) is 25.9 Å². The van der Waals surface area contributed by atoms with E-state index in [1.54, 1.807) is 7.11 Å². The predicted molar refractivity (Wildman–Crippen MR) is 58.1 cm³/mol. The van der Waals surface area contributed by atoms with Crippen molar-refractivity contribution >= 4 is 0 Å². The van der Waals surface area contributed by atoms with Gasteiger partial charge in [0.05, 0.1) is 6.61 Å². The van der Waals surface area contributed by atoms with E-state index in [1.807, 2.05) is 13.8 Å². The summed E-state index contributed by atoms with van der Waals surface area (Å²) < 4.78 is 5.03. The second-order valence-electron chi connectivity index (χ2n) is 3.36.